The van der Waals surface area contributed by atoms with E-state index in [9.17, 15) is 5.11 Å². The van der Waals surface area contributed by atoms with Crippen LogP contribution in [0.5, 0.6) is 11.5 Å². The highest BCUT2D eigenvalue weighted by molar-refractivity contribution is 6.32. The van der Waals surface area contributed by atoms with Crippen LogP contribution < -0.4 is 10.1 Å². The van der Waals surface area contributed by atoms with E-state index in [2.05, 4.69) is 41.4 Å². The Hall–Kier alpha value is -2.50. The Labute approximate surface area is 189 Å². The minimum absolute atomic E-state index is 0.00166. The molecule has 0 amide bonds. The highest BCUT2D eigenvalue weighted by Gasteiger charge is 2.33. The molecule has 3 aromatic rings. The zero-order valence-electron chi connectivity index (χ0n) is 18.3. The molecule has 6 heteroatoms. The van der Waals surface area contributed by atoms with Crippen molar-refractivity contribution in [3.05, 3.63) is 59.2 Å². The monoisotopic (exact) mass is 439 g/mol. The summed E-state index contributed by atoms with van der Waals surface area (Å²) in [6, 6.07) is 14.3. The molecule has 0 saturated heterocycles. The maximum Gasteiger partial charge on any atom is 0.176 e. The lowest BCUT2D eigenvalue weighted by atomic mass is 9.74. The normalized spacial score (nSPS) is 21.4. The Balaban J connectivity index is 1.69. The van der Waals surface area contributed by atoms with Gasteiger partial charge in [-0.05, 0) is 69.1 Å². The van der Waals surface area contributed by atoms with Crippen LogP contribution in [0, 0.1) is 5.92 Å². The lowest BCUT2D eigenvalue weighted by Crippen LogP contribution is -2.37. The average molecular weight is 440 g/mol. The molecular weight excluding hydrogens is 410 g/mol. The molecule has 31 heavy (non-hydrogen) atoms. The number of hydrogen-bond acceptors (Lipinski definition) is 5. The van der Waals surface area contributed by atoms with E-state index < -0.39 is 0 Å². The Bertz CT molecular complexity index is 1050. The molecule has 3 atom stereocenters. The van der Waals surface area contributed by atoms with Gasteiger partial charge >= 0.3 is 0 Å². The van der Waals surface area contributed by atoms with Gasteiger partial charge in [-0.1, -0.05) is 29.8 Å². The molecule has 5 nitrogen and oxygen atoms in total. The van der Waals surface area contributed by atoms with Crippen molar-refractivity contribution in [1.82, 2.24) is 9.88 Å². The second kappa shape index (κ2) is 9.33. The zero-order valence-corrected chi connectivity index (χ0v) is 19.1. The fourth-order valence-corrected chi connectivity index (χ4v) is 5.09. The maximum absolute atomic E-state index is 10.2. The molecule has 1 fully saturated rings. The minimum Gasteiger partial charge on any atom is -0.503 e. The smallest absolute Gasteiger partial charge is 0.176 e. The average Bonchev–Trinajstić information content (AvgIpc) is 2.76. The van der Waals surface area contributed by atoms with Crippen LogP contribution >= 0.6 is 11.6 Å². The Morgan fingerprint density at radius 3 is 2.77 bits per heavy atom. The van der Waals surface area contributed by atoms with Gasteiger partial charge in [-0.15, -0.1) is 0 Å². The number of pyridine rings is 1. The molecule has 0 radical (unpaired) electrons. The fourth-order valence-electron chi connectivity index (χ4n) is 4.87. The van der Waals surface area contributed by atoms with E-state index in [0.29, 0.717) is 16.7 Å². The number of phenols is 1. The van der Waals surface area contributed by atoms with E-state index in [-0.39, 0.29) is 17.7 Å². The molecular formula is C25H30ClN3O2. The molecule has 4 rings (SSSR count). The van der Waals surface area contributed by atoms with E-state index in [1.54, 1.807) is 7.11 Å². The van der Waals surface area contributed by atoms with Crippen LogP contribution in [-0.4, -0.2) is 48.8 Å². The molecule has 1 aliphatic rings. The highest BCUT2D eigenvalue weighted by atomic mass is 35.5. The number of para-hydroxylation sites is 1. The number of methoxy groups -OCH3 is 1. The topological polar surface area (TPSA) is 57.6 Å². The van der Waals surface area contributed by atoms with E-state index in [1.807, 2.05) is 36.5 Å². The first-order valence-electron chi connectivity index (χ1n) is 10.8. The highest BCUT2D eigenvalue weighted by Crippen LogP contribution is 2.43. The van der Waals surface area contributed by atoms with Crippen LogP contribution in [0.3, 0.4) is 0 Å². The third kappa shape index (κ3) is 4.73. The number of rotatable bonds is 6. The molecule has 0 bridgehead atoms. The molecule has 1 heterocycles. The molecule has 1 saturated carbocycles. The second-order valence-corrected chi connectivity index (χ2v) is 9.14. The van der Waals surface area contributed by atoms with E-state index >= 15 is 0 Å². The number of benzene rings is 2. The van der Waals surface area contributed by atoms with Crippen LogP contribution in [-0.2, 0) is 0 Å². The van der Waals surface area contributed by atoms with Gasteiger partial charge in [0, 0.05) is 35.8 Å². The zero-order chi connectivity index (χ0) is 22.0. The number of fused-ring (bicyclic) bond motifs is 1. The van der Waals surface area contributed by atoms with Crippen molar-refractivity contribution >= 4 is 28.2 Å². The van der Waals surface area contributed by atoms with Crippen LogP contribution in [0.2, 0.25) is 5.02 Å². The third-order valence-electron chi connectivity index (χ3n) is 6.27. The van der Waals surface area contributed by atoms with E-state index in [1.165, 1.54) is 0 Å². The standard InChI is InChI=1S/C25H30ClN3O2/c1-29(2)15-16-8-9-22(28-23-10-11-27-21-7-5-4-6-18(21)23)19(12-16)17-13-20(26)25(30)24(14-17)31-3/h4-7,10-11,13-14,16,19,22,30H,8-9,12,15H2,1-3H3,(H,27,28)/t16-,19?,22-/m1/s1. The molecule has 2 aromatic carbocycles. The number of hydrogen-bond donors (Lipinski definition) is 2. The van der Waals surface area contributed by atoms with Gasteiger partial charge in [0.1, 0.15) is 0 Å². The predicted molar refractivity (Wildman–Crippen MR) is 127 cm³/mol. The van der Waals surface area contributed by atoms with Gasteiger partial charge in [0.15, 0.2) is 11.5 Å². The summed E-state index contributed by atoms with van der Waals surface area (Å²) in [7, 11) is 5.82. The lowest BCUT2D eigenvalue weighted by Gasteiger charge is -2.38. The third-order valence-corrected chi connectivity index (χ3v) is 6.56. The number of aromatic nitrogens is 1. The summed E-state index contributed by atoms with van der Waals surface area (Å²) in [5.41, 5.74) is 3.18. The molecule has 164 valence electrons. The van der Waals surface area contributed by atoms with E-state index in [0.717, 1.165) is 48.0 Å². The first-order valence-corrected chi connectivity index (χ1v) is 11.2. The van der Waals surface area contributed by atoms with Gasteiger partial charge in [0.2, 0.25) is 0 Å². The van der Waals surface area contributed by atoms with Gasteiger partial charge in [0.25, 0.3) is 0 Å². The molecule has 1 aliphatic carbocycles. The van der Waals surface area contributed by atoms with Crippen molar-refractivity contribution < 1.29 is 9.84 Å². The van der Waals surface area contributed by atoms with Gasteiger partial charge in [-0.2, -0.15) is 0 Å². The molecule has 0 aliphatic heterocycles. The quantitative estimate of drug-likeness (QED) is 0.529. The summed E-state index contributed by atoms with van der Waals surface area (Å²) in [4.78, 5) is 6.75. The Morgan fingerprint density at radius 2 is 2.00 bits per heavy atom. The second-order valence-electron chi connectivity index (χ2n) is 8.73. The van der Waals surface area contributed by atoms with Crippen molar-refractivity contribution in [3.63, 3.8) is 0 Å². The largest absolute Gasteiger partial charge is 0.503 e. The molecule has 2 N–H and O–H groups in total. The molecule has 1 unspecified atom stereocenters. The lowest BCUT2D eigenvalue weighted by molar-refractivity contribution is 0.235. The number of anilines is 1. The SMILES string of the molecule is COc1cc(C2C[C@H](CN(C)C)CC[C@H]2Nc2ccnc3ccccc23)cc(Cl)c1O. The van der Waals surface area contributed by atoms with Gasteiger partial charge in [-0.3, -0.25) is 4.98 Å². The number of aromatic hydroxyl groups is 1. The summed E-state index contributed by atoms with van der Waals surface area (Å²) >= 11 is 6.36. The fraction of sp³-hybridized carbons (Fsp3) is 0.400. The molecule has 1 aromatic heterocycles. The van der Waals surface area contributed by atoms with Crippen molar-refractivity contribution in [2.45, 2.75) is 31.2 Å². The minimum atomic E-state index is -0.00166. The van der Waals surface area contributed by atoms with Gasteiger partial charge < -0.3 is 20.1 Å². The van der Waals surface area contributed by atoms with Gasteiger partial charge in [-0.25, -0.2) is 0 Å². The predicted octanol–water partition coefficient (Wildman–Crippen LogP) is 5.53. The molecule has 0 spiro atoms. The van der Waals surface area contributed by atoms with Crippen LogP contribution in [0.1, 0.15) is 30.7 Å². The Kier molecular flexibility index (Phi) is 6.54. The number of halogens is 1. The van der Waals surface area contributed by atoms with Crippen LogP contribution in [0.4, 0.5) is 5.69 Å². The summed E-state index contributed by atoms with van der Waals surface area (Å²) in [5, 5.41) is 15.5. The van der Waals surface area contributed by atoms with E-state index in [4.69, 9.17) is 16.3 Å². The summed E-state index contributed by atoms with van der Waals surface area (Å²) in [6.07, 6.45) is 5.12. The van der Waals surface area contributed by atoms with Crippen LogP contribution in [0.15, 0.2) is 48.7 Å². The van der Waals surface area contributed by atoms with Crippen molar-refractivity contribution in [3.8, 4) is 11.5 Å². The summed E-state index contributed by atoms with van der Waals surface area (Å²) in [6.45, 7) is 1.06. The van der Waals surface area contributed by atoms with Gasteiger partial charge in [0.05, 0.1) is 17.6 Å². The van der Waals surface area contributed by atoms with Crippen molar-refractivity contribution in [2.24, 2.45) is 5.92 Å². The van der Waals surface area contributed by atoms with Crippen molar-refractivity contribution in [1.29, 1.82) is 0 Å². The first-order chi connectivity index (χ1) is 15.0. The number of ether oxygens (including phenoxy) is 1. The summed E-state index contributed by atoms with van der Waals surface area (Å²) in [5.74, 6) is 1.27. The number of nitrogens with zero attached hydrogens (tertiary/aromatic N) is 2. The first kappa shape index (κ1) is 21.7. The number of phenolic OH excluding ortho intramolecular Hbond substituents is 1. The number of nitrogens with one attached hydrogen (secondary N) is 1. The Morgan fingerprint density at radius 1 is 1.19 bits per heavy atom. The van der Waals surface area contributed by atoms with Crippen LogP contribution in [0.25, 0.3) is 10.9 Å². The summed E-state index contributed by atoms with van der Waals surface area (Å²) < 4.78 is 5.39. The van der Waals surface area contributed by atoms with Crippen molar-refractivity contribution in [2.75, 3.05) is 33.1 Å². The maximum atomic E-state index is 10.2.